The van der Waals surface area contributed by atoms with Crippen LogP contribution >= 0.6 is 0 Å². The summed E-state index contributed by atoms with van der Waals surface area (Å²) in [6.45, 7) is 6.76. The molecule has 0 heterocycles. The Morgan fingerprint density at radius 3 is 2.73 bits per heavy atom. The predicted octanol–water partition coefficient (Wildman–Crippen LogP) is 4.39. The van der Waals surface area contributed by atoms with Crippen LogP contribution in [-0.2, 0) is 9.53 Å². The van der Waals surface area contributed by atoms with Gasteiger partial charge in [-0.25, -0.2) is 4.79 Å². The van der Waals surface area contributed by atoms with Crippen molar-refractivity contribution in [2.75, 3.05) is 0 Å². The number of rotatable bonds is 2. The average Bonchev–Trinajstić information content (AvgIpc) is 2.92. The van der Waals surface area contributed by atoms with Crippen LogP contribution in [0, 0.1) is 34.5 Å². The maximum absolute atomic E-state index is 11.8. The van der Waals surface area contributed by atoms with Gasteiger partial charge in [-0.2, -0.15) is 0 Å². The van der Waals surface area contributed by atoms with Crippen molar-refractivity contribution in [3.8, 4) is 0 Å². The fourth-order valence-corrected chi connectivity index (χ4v) is 7.27. The molecule has 26 heavy (non-hydrogen) atoms. The highest BCUT2D eigenvalue weighted by molar-refractivity contribution is 6.01. The van der Waals surface area contributed by atoms with Crippen molar-refractivity contribution in [1.29, 1.82) is 0 Å². The molecule has 0 aromatic heterocycles. The van der Waals surface area contributed by atoms with E-state index in [9.17, 15) is 9.59 Å². The first-order valence-corrected chi connectivity index (χ1v) is 10.2. The maximum Gasteiger partial charge on any atom is 0.404 e. The minimum Gasteiger partial charge on any atom is -0.446 e. The lowest BCUT2D eigenvalue weighted by Gasteiger charge is -2.57. The van der Waals surface area contributed by atoms with Gasteiger partial charge in [-0.1, -0.05) is 25.5 Å². The largest absolute Gasteiger partial charge is 0.446 e. The number of carbonyl (C=O) groups excluding carboxylic acids is 2. The molecule has 0 spiro atoms. The summed E-state index contributed by atoms with van der Waals surface area (Å²) in [5.41, 5.74) is 6.89. The summed E-state index contributed by atoms with van der Waals surface area (Å²) in [5.74, 6) is 2.54. The van der Waals surface area contributed by atoms with Crippen molar-refractivity contribution in [1.82, 2.24) is 0 Å². The molecule has 1 amide bonds. The van der Waals surface area contributed by atoms with Crippen LogP contribution < -0.4 is 5.73 Å². The molecule has 4 aliphatic rings. The van der Waals surface area contributed by atoms with Gasteiger partial charge in [-0.05, 0) is 80.8 Å². The molecule has 0 saturated heterocycles. The lowest BCUT2D eigenvalue weighted by molar-refractivity contribution is -0.111. The average molecular weight is 357 g/mol. The molecule has 0 bridgehead atoms. The second kappa shape index (κ2) is 5.97. The first kappa shape index (κ1) is 17.8. The Balaban J connectivity index is 1.60. The minimum atomic E-state index is -0.657. The van der Waals surface area contributed by atoms with Crippen LogP contribution in [0.3, 0.4) is 0 Å². The molecule has 4 rings (SSSR count). The fraction of sp³-hybridized carbons (Fsp3) is 0.727. The molecule has 0 aliphatic heterocycles. The van der Waals surface area contributed by atoms with E-state index in [1.54, 1.807) is 6.08 Å². The van der Waals surface area contributed by atoms with E-state index in [1.165, 1.54) is 31.3 Å². The van der Waals surface area contributed by atoms with Crippen molar-refractivity contribution < 1.29 is 14.3 Å². The molecule has 3 fully saturated rings. The van der Waals surface area contributed by atoms with Crippen LogP contribution in [-0.4, -0.2) is 18.0 Å². The van der Waals surface area contributed by atoms with Gasteiger partial charge < -0.3 is 10.5 Å². The number of hydrogen-bond donors (Lipinski definition) is 1. The summed E-state index contributed by atoms with van der Waals surface area (Å²) in [4.78, 5) is 23.1. The number of ketones is 1. The molecule has 0 aromatic rings. The van der Waals surface area contributed by atoms with Gasteiger partial charge in [0, 0.05) is 11.3 Å². The molecule has 4 nitrogen and oxygen atoms in total. The van der Waals surface area contributed by atoms with E-state index in [2.05, 4.69) is 19.9 Å². The van der Waals surface area contributed by atoms with Crippen LogP contribution in [0.15, 0.2) is 23.8 Å². The Morgan fingerprint density at radius 1 is 1.23 bits per heavy atom. The number of primary amides is 1. The van der Waals surface area contributed by atoms with Gasteiger partial charge in [0.25, 0.3) is 0 Å². The number of fused-ring (bicyclic) bond motifs is 5. The summed E-state index contributed by atoms with van der Waals surface area (Å²) < 4.78 is 5.38. The van der Waals surface area contributed by atoms with Crippen LogP contribution in [0.5, 0.6) is 0 Å². The summed E-state index contributed by atoms with van der Waals surface area (Å²) in [5, 5.41) is 0. The smallest absolute Gasteiger partial charge is 0.404 e. The highest BCUT2D eigenvalue weighted by Gasteiger charge is 2.59. The molecule has 2 N–H and O–H groups in total. The van der Waals surface area contributed by atoms with Gasteiger partial charge in [-0.15, -0.1) is 0 Å². The minimum absolute atomic E-state index is 0.0472. The van der Waals surface area contributed by atoms with Gasteiger partial charge in [-0.3, -0.25) is 4.79 Å². The standard InChI is InChI=1S/C22H31NO3/c1-13(26-20(23)25)17-6-7-18-16-5-4-14-12-15(24)8-10-21(14,2)19(16)9-11-22(17,18)3/h8,10,12-13,16-19H,4-7,9,11H2,1-3H3,(H2,23,25)/t13?,16-,17+,18-,19-,21-,22+/m0/s1. The lowest BCUT2D eigenvalue weighted by Crippen LogP contribution is -2.50. The van der Waals surface area contributed by atoms with Crippen LogP contribution in [0.4, 0.5) is 4.79 Å². The van der Waals surface area contributed by atoms with Crippen LogP contribution in [0.1, 0.15) is 59.3 Å². The molecule has 0 radical (unpaired) electrons. The van der Waals surface area contributed by atoms with Crippen molar-refractivity contribution in [2.24, 2.45) is 40.2 Å². The summed E-state index contributed by atoms with van der Waals surface area (Å²) in [7, 11) is 0. The normalized spacial score (nSPS) is 45.2. The van der Waals surface area contributed by atoms with Crippen molar-refractivity contribution in [3.05, 3.63) is 23.8 Å². The second-order valence-electron chi connectivity index (χ2n) is 9.47. The third-order valence-corrected chi connectivity index (χ3v) is 8.50. The highest BCUT2D eigenvalue weighted by atomic mass is 16.6. The number of allylic oxidation sites excluding steroid dienone is 4. The molecule has 3 saturated carbocycles. The van der Waals surface area contributed by atoms with Gasteiger partial charge in [0.05, 0.1) is 0 Å². The van der Waals surface area contributed by atoms with Gasteiger partial charge in [0.15, 0.2) is 5.78 Å². The van der Waals surface area contributed by atoms with Gasteiger partial charge >= 0.3 is 6.09 Å². The zero-order chi connectivity index (χ0) is 18.7. The Bertz CT molecular complexity index is 696. The van der Waals surface area contributed by atoms with Crippen LogP contribution in [0.2, 0.25) is 0 Å². The Hall–Kier alpha value is -1.58. The molecule has 142 valence electrons. The zero-order valence-corrected chi connectivity index (χ0v) is 16.2. The highest BCUT2D eigenvalue weighted by Crippen LogP contribution is 2.66. The monoisotopic (exact) mass is 357 g/mol. The maximum atomic E-state index is 11.8. The fourth-order valence-electron chi connectivity index (χ4n) is 7.27. The summed E-state index contributed by atoms with van der Waals surface area (Å²) in [6.07, 6.45) is 12.0. The SMILES string of the molecule is CC(OC(N)=O)[C@H]1CC[C@H]2[C@@H]3CCC4=CC(=O)C=C[C@]4(C)[C@H]3CC[C@]12C. The number of hydrogen-bond acceptors (Lipinski definition) is 3. The number of carbonyl (C=O) groups is 2. The van der Waals surface area contributed by atoms with E-state index < -0.39 is 6.09 Å². The third kappa shape index (κ3) is 2.48. The lowest BCUT2D eigenvalue weighted by atomic mass is 9.47. The van der Waals surface area contributed by atoms with E-state index in [0.717, 1.165) is 12.8 Å². The molecule has 7 atom stereocenters. The Kier molecular flexibility index (Phi) is 4.09. The van der Waals surface area contributed by atoms with Crippen molar-refractivity contribution in [3.63, 3.8) is 0 Å². The molecular formula is C22H31NO3. The molecule has 1 unspecified atom stereocenters. The second-order valence-corrected chi connectivity index (χ2v) is 9.47. The van der Waals surface area contributed by atoms with E-state index in [-0.39, 0.29) is 22.7 Å². The third-order valence-electron chi connectivity index (χ3n) is 8.50. The first-order valence-electron chi connectivity index (χ1n) is 10.2. The Labute approximate surface area is 156 Å². The van der Waals surface area contributed by atoms with Crippen molar-refractivity contribution >= 4 is 11.9 Å². The molecular weight excluding hydrogens is 326 g/mol. The Morgan fingerprint density at radius 2 is 2.00 bits per heavy atom. The van der Waals surface area contributed by atoms with Gasteiger partial charge in [0.2, 0.25) is 0 Å². The van der Waals surface area contributed by atoms with Gasteiger partial charge in [0.1, 0.15) is 6.10 Å². The van der Waals surface area contributed by atoms with Crippen LogP contribution in [0.25, 0.3) is 0 Å². The predicted molar refractivity (Wildman–Crippen MR) is 100 cm³/mol. The summed E-state index contributed by atoms with van der Waals surface area (Å²) >= 11 is 0. The van der Waals surface area contributed by atoms with Crippen molar-refractivity contribution in [2.45, 2.75) is 65.4 Å². The zero-order valence-electron chi connectivity index (χ0n) is 16.2. The summed E-state index contributed by atoms with van der Waals surface area (Å²) in [6, 6.07) is 0. The van der Waals surface area contributed by atoms with E-state index >= 15 is 0 Å². The number of ether oxygens (including phenoxy) is 1. The quantitative estimate of drug-likeness (QED) is 0.796. The van der Waals surface area contributed by atoms with E-state index in [1.807, 2.05) is 13.0 Å². The topological polar surface area (TPSA) is 69.4 Å². The molecule has 4 heteroatoms. The van der Waals surface area contributed by atoms with E-state index in [0.29, 0.717) is 23.7 Å². The number of nitrogens with two attached hydrogens (primary N) is 1. The number of amides is 1. The molecule has 4 aliphatic carbocycles. The molecule has 0 aromatic carbocycles. The van der Waals surface area contributed by atoms with E-state index in [4.69, 9.17) is 10.5 Å². The first-order chi connectivity index (χ1) is 12.3.